The summed E-state index contributed by atoms with van der Waals surface area (Å²) in [6, 6.07) is 16.8. The predicted molar refractivity (Wildman–Crippen MR) is 134 cm³/mol. The number of unbranched alkanes of at least 4 members (excludes halogenated alkanes) is 1. The van der Waals surface area contributed by atoms with Crippen molar-refractivity contribution >= 4 is 39.3 Å². The van der Waals surface area contributed by atoms with Gasteiger partial charge in [0.1, 0.15) is 12.4 Å². The molecule has 0 saturated heterocycles. The van der Waals surface area contributed by atoms with Crippen LogP contribution in [0.5, 0.6) is 5.75 Å². The fourth-order valence-corrected chi connectivity index (χ4v) is 4.12. The van der Waals surface area contributed by atoms with Gasteiger partial charge in [-0.1, -0.05) is 57.2 Å². The molecule has 170 valence electrons. The Morgan fingerprint density at radius 2 is 1.81 bits per heavy atom. The third-order valence-electron chi connectivity index (χ3n) is 5.08. The molecule has 1 unspecified atom stereocenters. The van der Waals surface area contributed by atoms with Crippen molar-refractivity contribution in [2.24, 2.45) is 0 Å². The van der Waals surface area contributed by atoms with E-state index in [0.29, 0.717) is 18.8 Å². The summed E-state index contributed by atoms with van der Waals surface area (Å²) in [5.74, 6) is 1.38. The lowest BCUT2D eigenvalue weighted by atomic mass is 10.0. The lowest BCUT2D eigenvalue weighted by Crippen LogP contribution is -2.30. The molecule has 0 saturated carbocycles. The Balaban J connectivity index is 1.91. The Morgan fingerprint density at radius 1 is 1.03 bits per heavy atom. The number of rotatable bonds is 12. The van der Waals surface area contributed by atoms with Gasteiger partial charge in [-0.05, 0) is 48.1 Å². The average molecular weight is 453 g/mol. The number of carbonyl (C=O) groups is 1. The van der Waals surface area contributed by atoms with E-state index in [4.69, 9.17) is 14.2 Å². The number of carbonyl (C=O) groups excluding carboxylic acids is 1. The quantitative estimate of drug-likeness (QED) is 0.0995. The maximum atomic E-state index is 12.2. The van der Waals surface area contributed by atoms with Gasteiger partial charge in [-0.3, -0.25) is 0 Å². The molecule has 0 aliphatic carbocycles. The highest BCUT2D eigenvalue weighted by Gasteiger charge is 2.18. The van der Waals surface area contributed by atoms with Crippen LogP contribution in [-0.2, 0) is 14.3 Å². The monoisotopic (exact) mass is 452 g/mol. The van der Waals surface area contributed by atoms with Crippen molar-refractivity contribution < 1.29 is 19.0 Å². The maximum absolute atomic E-state index is 12.2. The topological polar surface area (TPSA) is 44.8 Å². The summed E-state index contributed by atoms with van der Waals surface area (Å²) in [4.78, 5) is 13.4. The summed E-state index contributed by atoms with van der Waals surface area (Å²) < 4.78 is 17.7. The minimum Gasteiger partial charge on any atom is -0.488 e. The first kappa shape index (κ1) is 24.1. The molecule has 0 aliphatic rings. The zero-order valence-corrected chi connectivity index (χ0v) is 20.0. The second kappa shape index (κ2) is 11.9. The fraction of sp³-hybridized carbons (Fsp3) is 0.370. The zero-order chi connectivity index (χ0) is 22.9. The van der Waals surface area contributed by atoms with Gasteiger partial charge in [0.2, 0.25) is 0 Å². The number of fused-ring (bicyclic) bond motifs is 2. The second-order valence-electron chi connectivity index (χ2n) is 7.79. The molecule has 0 fully saturated rings. The van der Waals surface area contributed by atoms with Crippen molar-refractivity contribution in [2.75, 3.05) is 25.6 Å². The molecule has 0 N–H and O–H groups in total. The van der Waals surface area contributed by atoms with Crippen LogP contribution in [0.15, 0.2) is 65.6 Å². The summed E-state index contributed by atoms with van der Waals surface area (Å²) >= 11 is 1.80. The summed E-state index contributed by atoms with van der Waals surface area (Å²) in [5.41, 5.74) is 0.361. The summed E-state index contributed by atoms with van der Waals surface area (Å²) in [5, 5.41) is 4.32. The molecule has 3 aromatic rings. The van der Waals surface area contributed by atoms with E-state index < -0.39 is 12.1 Å². The van der Waals surface area contributed by atoms with Crippen LogP contribution in [0.1, 0.15) is 33.6 Å². The number of hydrogen-bond acceptors (Lipinski definition) is 5. The van der Waals surface area contributed by atoms with Crippen LogP contribution in [0.3, 0.4) is 0 Å². The van der Waals surface area contributed by atoms with Crippen LogP contribution < -0.4 is 4.74 Å². The van der Waals surface area contributed by atoms with Crippen LogP contribution in [0.25, 0.3) is 21.5 Å². The van der Waals surface area contributed by atoms with Crippen molar-refractivity contribution in [1.82, 2.24) is 0 Å². The SMILES string of the molecule is C=C(C)C(=O)OC(COCCCC)COc1c2ccccc2cc2ccc(SCC)cc12. The van der Waals surface area contributed by atoms with Gasteiger partial charge in [-0.2, -0.15) is 0 Å². The Labute approximate surface area is 194 Å². The first-order valence-corrected chi connectivity index (χ1v) is 12.2. The lowest BCUT2D eigenvalue weighted by Gasteiger charge is -2.20. The molecule has 0 bridgehead atoms. The summed E-state index contributed by atoms with van der Waals surface area (Å²) in [6.07, 6.45) is 1.50. The number of hydrogen-bond donors (Lipinski definition) is 0. The normalized spacial score (nSPS) is 12.1. The molecule has 1 atom stereocenters. The first-order valence-electron chi connectivity index (χ1n) is 11.2. The van der Waals surface area contributed by atoms with E-state index in [-0.39, 0.29) is 6.61 Å². The zero-order valence-electron chi connectivity index (χ0n) is 19.2. The lowest BCUT2D eigenvalue weighted by molar-refractivity contribution is -0.149. The Bertz CT molecular complexity index is 1080. The van der Waals surface area contributed by atoms with Gasteiger partial charge in [0, 0.05) is 27.8 Å². The highest BCUT2D eigenvalue weighted by molar-refractivity contribution is 7.99. The maximum Gasteiger partial charge on any atom is 0.333 e. The van der Waals surface area contributed by atoms with E-state index in [9.17, 15) is 4.79 Å². The summed E-state index contributed by atoms with van der Waals surface area (Å²) in [6.45, 7) is 10.7. The van der Waals surface area contributed by atoms with Gasteiger partial charge in [-0.25, -0.2) is 4.79 Å². The fourth-order valence-electron chi connectivity index (χ4n) is 3.42. The molecule has 0 amide bonds. The van der Waals surface area contributed by atoms with E-state index >= 15 is 0 Å². The van der Waals surface area contributed by atoms with Crippen molar-refractivity contribution in [1.29, 1.82) is 0 Å². The first-order chi connectivity index (χ1) is 15.5. The van der Waals surface area contributed by atoms with Gasteiger partial charge < -0.3 is 14.2 Å². The third kappa shape index (κ3) is 6.27. The smallest absolute Gasteiger partial charge is 0.333 e. The molecule has 0 aromatic heterocycles. The highest BCUT2D eigenvalue weighted by atomic mass is 32.2. The van der Waals surface area contributed by atoms with Crippen LogP contribution in [0, 0.1) is 0 Å². The third-order valence-corrected chi connectivity index (χ3v) is 5.95. The molecule has 4 nitrogen and oxygen atoms in total. The molecule has 0 aliphatic heterocycles. The van der Waals surface area contributed by atoms with Crippen molar-refractivity contribution in [3.63, 3.8) is 0 Å². The van der Waals surface area contributed by atoms with E-state index in [2.05, 4.69) is 56.8 Å². The van der Waals surface area contributed by atoms with Crippen LogP contribution in [0.2, 0.25) is 0 Å². The molecular weight excluding hydrogens is 420 g/mol. The molecule has 3 aromatic carbocycles. The molecule has 3 rings (SSSR count). The van der Waals surface area contributed by atoms with Crippen LogP contribution in [-0.4, -0.2) is 37.6 Å². The molecular formula is C27H32O4S. The van der Waals surface area contributed by atoms with Gasteiger partial charge in [0.05, 0.1) is 6.61 Å². The Hall–Kier alpha value is -2.50. The number of thioether (sulfide) groups is 1. The molecule has 0 spiro atoms. The minimum absolute atomic E-state index is 0.208. The Kier molecular flexibility index (Phi) is 9.00. The molecule has 0 radical (unpaired) electrons. The van der Waals surface area contributed by atoms with Crippen molar-refractivity contribution in [3.8, 4) is 5.75 Å². The molecule has 5 heteroatoms. The number of benzene rings is 3. The second-order valence-corrected chi connectivity index (χ2v) is 9.13. The average Bonchev–Trinajstić information content (AvgIpc) is 2.79. The van der Waals surface area contributed by atoms with E-state index in [1.54, 1.807) is 18.7 Å². The van der Waals surface area contributed by atoms with E-state index in [0.717, 1.165) is 45.9 Å². The van der Waals surface area contributed by atoms with E-state index in [1.165, 1.54) is 4.90 Å². The van der Waals surface area contributed by atoms with Gasteiger partial charge in [-0.15, -0.1) is 11.8 Å². The van der Waals surface area contributed by atoms with Gasteiger partial charge >= 0.3 is 5.97 Å². The minimum atomic E-state index is -0.515. The van der Waals surface area contributed by atoms with Crippen LogP contribution in [0.4, 0.5) is 0 Å². The Morgan fingerprint density at radius 3 is 2.56 bits per heavy atom. The highest BCUT2D eigenvalue weighted by Crippen LogP contribution is 2.37. The largest absolute Gasteiger partial charge is 0.488 e. The predicted octanol–water partition coefficient (Wildman–Crippen LogP) is 6.79. The molecule has 32 heavy (non-hydrogen) atoms. The summed E-state index contributed by atoms with van der Waals surface area (Å²) in [7, 11) is 0. The van der Waals surface area contributed by atoms with Crippen molar-refractivity contribution in [3.05, 3.63) is 60.7 Å². The number of ether oxygens (including phenoxy) is 3. The van der Waals surface area contributed by atoms with E-state index in [1.807, 2.05) is 12.1 Å². The standard InChI is InChI=1S/C27H32O4S/c1-5-7-14-29-17-22(31-27(28)19(3)4)18-30-26-24-11-9-8-10-20(24)15-21-12-13-23(32-6-2)16-25(21)26/h8-13,15-16,22H,3,5-7,14,17-18H2,1-2,4H3. The van der Waals surface area contributed by atoms with Crippen molar-refractivity contribution in [2.45, 2.75) is 44.6 Å². The molecule has 0 heterocycles. The van der Waals surface area contributed by atoms with Gasteiger partial charge in [0.25, 0.3) is 0 Å². The van der Waals surface area contributed by atoms with Gasteiger partial charge in [0.15, 0.2) is 6.10 Å². The number of esters is 1. The van der Waals surface area contributed by atoms with Crippen LogP contribution >= 0.6 is 11.8 Å².